The molecule has 0 spiro atoms. The van der Waals surface area contributed by atoms with Crippen molar-refractivity contribution < 1.29 is 81.3 Å². The van der Waals surface area contributed by atoms with Gasteiger partial charge in [-0.1, -0.05) is 72.8 Å². The summed E-state index contributed by atoms with van der Waals surface area (Å²) in [4.78, 5) is 0. The third kappa shape index (κ3) is 15.5. The molecular formula is C60H70O17. The monoisotopic (exact) mass is 1060 g/mol. The first kappa shape index (κ1) is 56.9. The molecule has 2 aliphatic heterocycles. The molecule has 6 aromatic carbocycles. The van der Waals surface area contributed by atoms with E-state index < -0.39 is 74.6 Å². The van der Waals surface area contributed by atoms with Crippen LogP contribution >= 0.6 is 0 Å². The second-order valence-electron chi connectivity index (χ2n) is 18.3. The molecule has 412 valence electrons. The average molecular weight is 1060 g/mol. The van der Waals surface area contributed by atoms with E-state index in [9.17, 15) is 10.2 Å². The summed E-state index contributed by atoms with van der Waals surface area (Å²) in [6.45, 7) is -0.347. The second-order valence-corrected chi connectivity index (χ2v) is 18.3. The van der Waals surface area contributed by atoms with Gasteiger partial charge in [-0.2, -0.15) is 0 Å². The molecule has 0 saturated carbocycles. The maximum Gasteiger partial charge on any atom is 0.190 e. The molecule has 0 unspecified atom stereocenters. The Labute approximate surface area is 450 Å². The fraction of sp³-hybridized carbons (Fsp3) is 0.400. The van der Waals surface area contributed by atoms with Crippen molar-refractivity contribution in [1.82, 2.24) is 0 Å². The topological polar surface area (TPSA) is 179 Å². The quantitative estimate of drug-likeness (QED) is 0.0482. The Morgan fingerprint density at radius 3 is 0.675 bits per heavy atom. The summed E-state index contributed by atoms with van der Waals surface area (Å²) in [5, 5.41) is 22.5. The number of benzene rings is 6. The van der Waals surface area contributed by atoms with E-state index in [0.29, 0.717) is 34.5 Å². The SMILES string of the molecule is COc1ccc(CO[C@@H]2[C@@H](OCc3ccc(OC)cc3)[C@@H](O[C@H]3O[C@H](CO)[C@@H](OCc4ccc(OC)cc4)[C@H](OCc4ccc(OC)cc4)[C@H]3OCc3ccc(OC)cc3)O[C@H](CO)[C@H]2OCc2ccc(OC)cc2)cc1. The summed E-state index contributed by atoms with van der Waals surface area (Å²) >= 11 is 0. The number of aliphatic hydroxyl groups excluding tert-OH is 2. The Morgan fingerprint density at radius 2 is 0.481 bits per heavy atom. The molecule has 2 aliphatic rings. The number of methoxy groups -OCH3 is 6. The van der Waals surface area contributed by atoms with Gasteiger partial charge in [0.1, 0.15) is 83.3 Å². The third-order valence-corrected chi connectivity index (χ3v) is 13.4. The van der Waals surface area contributed by atoms with Crippen LogP contribution < -0.4 is 28.4 Å². The minimum absolute atomic E-state index is 0.0757. The highest BCUT2D eigenvalue weighted by molar-refractivity contribution is 5.31. The van der Waals surface area contributed by atoms with E-state index in [1.54, 1.807) is 42.7 Å². The predicted octanol–water partition coefficient (Wildman–Crippen LogP) is 8.00. The van der Waals surface area contributed by atoms with Crippen molar-refractivity contribution in [3.05, 3.63) is 179 Å². The first-order valence-electron chi connectivity index (χ1n) is 25.4. The fourth-order valence-corrected chi connectivity index (χ4v) is 9.02. The van der Waals surface area contributed by atoms with Gasteiger partial charge >= 0.3 is 0 Å². The zero-order valence-corrected chi connectivity index (χ0v) is 44.3. The van der Waals surface area contributed by atoms with E-state index in [4.69, 9.17) is 71.1 Å². The molecule has 6 aromatic rings. The highest BCUT2D eigenvalue weighted by atomic mass is 16.8. The van der Waals surface area contributed by atoms with Crippen LogP contribution in [0.15, 0.2) is 146 Å². The molecule has 0 aromatic heterocycles. The fourth-order valence-electron chi connectivity index (χ4n) is 9.02. The van der Waals surface area contributed by atoms with Crippen molar-refractivity contribution in [2.45, 2.75) is 101 Å². The largest absolute Gasteiger partial charge is 0.497 e. The van der Waals surface area contributed by atoms with Gasteiger partial charge in [-0.15, -0.1) is 0 Å². The van der Waals surface area contributed by atoms with E-state index >= 15 is 0 Å². The maximum absolute atomic E-state index is 11.3. The summed E-state index contributed by atoms with van der Waals surface area (Å²) < 4.78 is 94.4. The Kier molecular flexibility index (Phi) is 21.3. The van der Waals surface area contributed by atoms with Crippen LogP contribution in [0.4, 0.5) is 0 Å². The zero-order valence-electron chi connectivity index (χ0n) is 44.3. The molecule has 10 atom stereocenters. The van der Waals surface area contributed by atoms with Gasteiger partial charge in [-0.3, -0.25) is 0 Å². The molecule has 0 aliphatic carbocycles. The van der Waals surface area contributed by atoms with Gasteiger partial charge in [0.15, 0.2) is 12.6 Å². The van der Waals surface area contributed by atoms with Crippen molar-refractivity contribution in [2.24, 2.45) is 0 Å². The molecular weight excluding hydrogens is 993 g/mol. The number of hydrogen-bond acceptors (Lipinski definition) is 17. The van der Waals surface area contributed by atoms with Gasteiger partial charge in [-0.05, 0) is 106 Å². The van der Waals surface area contributed by atoms with Crippen molar-refractivity contribution >= 4 is 0 Å². The molecule has 2 N–H and O–H groups in total. The van der Waals surface area contributed by atoms with Gasteiger partial charge < -0.3 is 81.3 Å². The van der Waals surface area contributed by atoms with Crippen LogP contribution in [0.25, 0.3) is 0 Å². The Balaban J connectivity index is 1.17. The summed E-state index contributed by atoms with van der Waals surface area (Å²) in [5.74, 6) is 4.12. The Bertz CT molecular complexity index is 2440. The Morgan fingerprint density at radius 1 is 0.286 bits per heavy atom. The molecule has 17 heteroatoms. The number of rotatable bonds is 28. The van der Waals surface area contributed by atoms with Crippen LogP contribution in [0.1, 0.15) is 33.4 Å². The van der Waals surface area contributed by atoms with Crippen molar-refractivity contribution in [1.29, 1.82) is 0 Å². The van der Waals surface area contributed by atoms with Crippen LogP contribution in [-0.4, -0.2) is 127 Å². The number of aliphatic hydroxyl groups is 2. The third-order valence-electron chi connectivity index (χ3n) is 13.4. The highest BCUT2D eigenvalue weighted by Gasteiger charge is 2.54. The summed E-state index contributed by atoms with van der Waals surface area (Å²) in [5.41, 5.74) is 5.00. The van der Waals surface area contributed by atoms with Crippen molar-refractivity contribution in [3.8, 4) is 34.5 Å². The van der Waals surface area contributed by atoms with E-state index in [1.807, 2.05) is 146 Å². The minimum atomic E-state index is -1.32. The van der Waals surface area contributed by atoms with Gasteiger partial charge in [0, 0.05) is 0 Å². The summed E-state index contributed by atoms with van der Waals surface area (Å²) in [6, 6.07) is 45.0. The van der Waals surface area contributed by atoms with Crippen LogP contribution in [0.3, 0.4) is 0 Å². The predicted molar refractivity (Wildman–Crippen MR) is 282 cm³/mol. The highest BCUT2D eigenvalue weighted by Crippen LogP contribution is 2.37. The molecule has 77 heavy (non-hydrogen) atoms. The molecule has 2 saturated heterocycles. The van der Waals surface area contributed by atoms with Crippen LogP contribution in [-0.2, 0) is 82.3 Å². The van der Waals surface area contributed by atoms with Crippen molar-refractivity contribution in [2.75, 3.05) is 55.9 Å². The van der Waals surface area contributed by atoms with Crippen LogP contribution in [0.2, 0.25) is 0 Å². The Hall–Kier alpha value is -6.32. The normalized spacial score (nSPS) is 23.2. The lowest BCUT2D eigenvalue weighted by atomic mass is 9.96. The minimum Gasteiger partial charge on any atom is -0.497 e. The van der Waals surface area contributed by atoms with E-state index in [-0.39, 0.29) is 39.6 Å². The molecule has 8 rings (SSSR count). The summed E-state index contributed by atoms with van der Waals surface area (Å²) in [6.07, 6.45) is -10.5. The van der Waals surface area contributed by atoms with Crippen LogP contribution in [0, 0.1) is 0 Å². The van der Waals surface area contributed by atoms with Crippen LogP contribution in [0.5, 0.6) is 34.5 Å². The van der Waals surface area contributed by atoms with Gasteiger partial charge in [0.25, 0.3) is 0 Å². The first-order chi connectivity index (χ1) is 37.7. The van der Waals surface area contributed by atoms with Gasteiger partial charge in [-0.25, -0.2) is 0 Å². The summed E-state index contributed by atoms with van der Waals surface area (Å²) in [7, 11) is 9.64. The van der Waals surface area contributed by atoms with E-state index in [2.05, 4.69) is 0 Å². The smallest absolute Gasteiger partial charge is 0.190 e. The van der Waals surface area contributed by atoms with E-state index in [1.165, 1.54) is 0 Å². The molecule has 0 bridgehead atoms. The van der Waals surface area contributed by atoms with E-state index in [0.717, 1.165) is 33.4 Å². The average Bonchev–Trinajstić information content (AvgIpc) is 3.49. The molecule has 2 fully saturated rings. The lowest BCUT2D eigenvalue weighted by Gasteiger charge is -2.49. The molecule has 2 heterocycles. The van der Waals surface area contributed by atoms with Gasteiger partial charge in [0.05, 0.1) is 95.5 Å². The lowest BCUT2D eigenvalue weighted by molar-refractivity contribution is -0.393. The molecule has 0 radical (unpaired) electrons. The maximum atomic E-state index is 11.3. The van der Waals surface area contributed by atoms with Gasteiger partial charge in [0.2, 0.25) is 0 Å². The standard InChI is InChI=1S/C60H70O17/c1-63-45-19-7-39(8-20-45)33-69-53-51(31-61)75-59(57(73-37-43-15-27-49(67-5)28-16-43)55(53)71-35-41-11-23-47(65-3)24-12-41)77-60-58(74-38-44-17-29-50(68-6)30-18-44)56(72-36-42-13-25-48(66-4)26-14-42)54(52(32-62)76-60)70-34-40-9-21-46(64-2)22-10-40/h7-30,51-62H,31-38H2,1-6H3/t51-,52-,53-,54-,55+,56+,57-,58-,59-,60-/m1/s1. The zero-order chi connectivity index (χ0) is 53.9. The number of hydrogen-bond donors (Lipinski definition) is 2. The lowest BCUT2D eigenvalue weighted by Crippen LogP contribution is -2.65. The first-order valence-corrected chi connectivity index (χ1v) is 25.4. The number of ether oxygens (including phenoxy) is 15. The second kappa shape index (κ2) is 28.9. The molecule has 17 nitrogen and oxygen atoms in total. The molecule has 0 amide bonds. The van der Waals surface area contributed by atoms with Crippen molar-refractivity contribution in [3.63, 3.8) is 0 Å².